The zero-order valence-corrected chi connectivity index (χ0v) is 9.82. The van der Waals surface area contributed by atoms with Gasteiger partial charge in [0.25, 0.3) is 0 Å². The average molecular weight is 220 g/mol. The van der Waals surface area contributed by atoms with Crippen LogP contribution < -0.4 is 5.32 Å². The molecule has 0 saturated carbocycles. The van der Waals surface area contributed by atoms with Crippen molar-refractivity contribution < 1.29 is 4.52 Å². The fraction of sp³-hybridized carbons (Fsp3) is 0.455. The minimum absolute atomic E-state index is 0.714. The Kier molecular flexibility index (Phi) is 3.05. The molecule has 0 unspecified atom stereocenters. The van der Waals surface area contributed by atoms with Gasteiger partial charge < -0.3 is 9.84 Å². The third-order valence-electron chi connectivity index (χ3n) is 2.41. The molecule has 0 atom stereocenters. The zero-order valence-electron chi connectivity index (χ0n) is 9.82. The molecule has 0 aliphatic carbocycles. The lowest BCUT2D eigenvalue weighted by molar-refractivity contribution is 0.388. The number of hydrogen-bond acceptors (Lipinski definition) is 4. The second kappa shape index (κ2) is 4.49. The fourth-order valence-electron chi connectivity index (χ4n) is 1.65. The average Bonchev–Trinajstić information content (AvgIpc) is 2.74. The number of hydrogen-bond donors (Lipinski definition) is 1. The molecule has 0 spiro atoms. The summed E-state index contributed by atoms with van der Waals surface area (Å²) >= 11 is 0. The van der Waals surface area contributed by atoms with Crippen LogP contribution in [0.5, 0.6) is 0 Å². The molecule has 86 valence electrons. The van der Waals surface area contributed by atoms with E-state index in [1.807, 2.05) is 37.8 Å². The maximum Gasteiger partial charge on any atom is 0.133 e. The summed E-state index contributed by atoms with van der Waals surface area (Å²) in [6.07, 6.45) is 2.02. The Morgan fingerprint density at radius 2 is 2.19 bits per heavy atom. The molecule has 0 amide bonds. The fourth-order valence-corrected chi connectivity index (χ4v) is 1.65. The second-order valence-electron chi connectivity index (χ2n) is 3.95. The molecule has 0 aliphatic rings. The third-order valence-corrected chi connectivity index (χ3v) is 2.41. The van der Waals surface area contributed by atoms with Crippen LogP contribution in [0, 0.1) is 13.8 Å². The van der Waals surface area contributed by atoms with Crippen molar-refractivity contribution in [3.63, 3.8) is 0 Å². The smallest absolute Gasteiger partial charge is 0.133 e. The van der Waals surface area contributed by atoms with E-state index in [1.165, 1.54) is 5.56 Å². The normalized spacial score (nSPS) is 10.9. The molecule has 0 fully saturated rings. The summed E-state index contributed by atoms with van der Waals surface area (Å²) in [5.74, 6) is 0.842. The number of rotatable bonds is 4. The highest BCUT2D eigenvalue weighted by Crippen LogP contribution is 2.05. The SMILES string of the molecule is Cc1cc(CNCc2cn(C)nc2C)no1. The molecule has 0 bridgehead atoms. The van der Waals surface area contributed by atoms with Crippen molar-refractivity contribution in [2.75, 3.05) is 0 Å². The Morgan fingerprint density at radius 3 is 2.75 bits per heavy atom. The van der Waals surface area contributed by atoms with E-state index in [1.54, 1.807) is 0 Å². The summed E-state index contributed by atoms with van der Waals surface area (Å²) in [5.41, 5.74) is 3.20. The molecular weight excluding hydrogens is 204 g/mol. The molecule has 5 nitrogen and oxygen atoms in total. The van der Waals surface area contributed by atoms with Crippen LogP contribution in [-0.2, 0) is 20.1 Å². The Labute approximate surface area is 94.4 Å². The Bertz CT molecular complexity index is 472. The van der Waals surface area contributed by atoms with E-state index < -0.39 is 0 Å². The molecule has 0 radical (unpaired) electrons. The summed E-state index contributed by atoms with van der Waals surface area (Å²) in [4.78, 5) is 0. The van der Waals surface area contributed by atoms with Crippen molar-refractivity contribution in [1.82, 2.24) is 20.3 Å². The van der Waals surface area contributed by atoms with Crippen molar-refractivity contribution in [3.05, 3.63) is 35.0 Å². The van der Waals surface area contributed by atoms with Crippen LogP contribution in [0.4, 0.5) is 0 Å². The van der Waals surface area contributed by atoms with Gasteiger partial charge in [-0.2, -0.15) is 5.10 Å². The second-order valence-corrected chi connectivity index (χ2v) is 3.95. The van der Waals surface area contributed by atoms with Gasteiger partial charge in [-0.1, -0.05) is 5.16 Å². The maximum atomic E-state index is 4.99. The first-order valence-corrected chi connectivity index (χ1v) is 5.27. The molecule has 16 heavy (non-hydrogen) atoms. The highest BCUT2D eigenvalue weighted by molar-refractivity contribution is 5.15. The third kappa shape index (κ3) is 2.49. The van der Waals surface area contributed by atoms with Crippen LogP contribution >= 0.6 is 0 Å². The standard InChI is InChI=1S/C11H16N4O/c1-8-4-11(14-16-8)6-12-5-10-7-15(3)13-9(10)2/h4,7,12H,5-6H2,1-3H3. The van der Waals surface area contributed by atoms with Gasteiger partial charge in [0.2, 0.25) is 0 Å². The lowest BCUT2D eigenvalue weighted by Gasteiger charge is -1.99. The van der Waals surface area contributed by atoms with Crippen LogP contribution in [0.1, 0.15) is 22.7 Å². The molecule has 2 heterocycles. The molecule has 1 N–H and O–H groups in total. The van der Waals surface area contributed by atoms with Crippen molar-refractivity contribution >= 4 is 0 Å². The van der Waals surface area contributed by atoms with Crippen LogP contribution in [0.25, 0.3) is 0 Å². The monoisotopic (exact) mass is 220 g/mol. The Hall–Kier alpha value is -1.62. The molecule has 5 heteroatoms. The number of nitrogens with one attached hydrogen (secondary N) is 1. The van der Waals surface area contributed by atoms with E-state index in [-0.39, 0.29) is 0 Å². The van der Waals surface area contributed by atoms with Gasteiger partial charge in [-0.3, -0.25) is 4.68 Å². The Balaban J connectivity index is 1.86. The minimum atomic E-state index is 0.714. The first-order chi connectivity index (χ1) is 7.65. The van der Waals surface area contributed by atoms with Gasteiger partial charge in [0.15, 0.2) is 0 Å². The maximum absolute atomic E-state index is 4.99. The zero-order chi connectivity index (χ0) is 11.5. The van der Waals surface area contributed by atoms with E-state index >= 15 is 0 Å². The number of nitrogens with zero attached hydrogens (tertiary/aromatic N) is 3. The Morgan fingerprint density at radius 1 is 1.38 bits per heavy atom. The van der Waals surface area contributed by atoms with Crippen molar-refractivity contribution in [2.24, 2.45) is 7.05 Å². The van der Waals surface area contributed by atoms with Crippen LogP contribution in [0.15, 0.2) is 16.8 Å². The van der Waals surface area contributed by atoms with Gasteiger partial charge in [-0.15, -0.1) is 0 Å². The van der Waals surface area contributed by atoms with E-state index in [4.69, 9.17) is 4.52 Å². The first kappa shape index (κ1) is 10.9. The largest absolute Gasteiger partial charge is 0.361 e. The predicted molar refractivity (Wildman–Crippen MR) is 59.7 cm³/mol. The topological polar surface area (TPSA) is 55.9 Å². The van der Waals surface area contributed by atoms with Crippen LogP contribution in [-0.4, -0.2) is 14.9 Å². The van der Waals surface area contributed by atoms with Gasteiger partial charge >= 0.3 is 0 Å². The molecular formula is C11H16N4O. The van der Waals surface area contributed by atoms with Crippen molar-refractivity contribution in [3.8, 4) is 0 Å². The summed E-state index contributed by atoms with van der Waals surface area (Å²) in [5, 5.41) is 11.5. The van der Waals surface area contributed by atoms with Gasteiger partial charge in [0.1, 0.15) is 5.76 Å². The van der Waals surface area contributed by atoms with E-state index in [2.05, 4.69) is 15.6 Å². The summed E-state index contributed by atoms with van der Waals surface area (Å²) in [6, 6.07) is 1.93. The highest BCUT2D eigenvalue weighted by atomic mass is 16.5. The molecule has 2 aromatic heterocycles. The predicted octanol–water partition coefficient (Wildman–Crippen LogP) is 1.31. The van der Waals surface area contributed by atoms with Gasteiger partial charge in [0.05, 0.1) is 11.4 Å². The van der Waals surface area contributed by atoms with Crippen molar-refractivity contribution in [2.45, 2.75) is 26.9 Å². The summed E-state index contributed by atoms with van der Waals surface area (Å²) in [6.45, 7) is 5.41. The van der Waals surface area contributed by atoms with Gasteiger partial charge in [0, 0.05) is 38.0 Å². The van der Waals surface area contributed by atoms with E-state index in [0.29, 0.717) is 6.54 Å². The lowest BCUT2D eigenvalue weighted by atomic mass is 10.2. The van der Waals surface area contributed by atoms with Crippen molar-refractivity contribution in [1.29, 1.82) is 0 Å². The summed E-state index contributed by atoms with van der Waals surface area (Å²) < 4.78 is 6.81. The quantitative estimate of drug-likeness (QED) is 0.844. The molecule has 0 aliphatic heterocycles. The molecule has 2 aromatic rings. The number of aryl methyl sites for hydroxylation is 3. The van der Waals surface area contributed by atoms with E-state index in [0.717, 1.165) is 23.7 Å². The van der Waals surface area contributed by atoms with Crippen LogP contribution in [0.2, 0.25) is 0 Å². The van der Waals surface area contributed by atoms with Gasteiger partial charge in [-0.25, -0.2) is 0 Å². The molecule has 0 aromatic carbocycles. The van der Waals surface area contributed by atoms with Gasteiger partial charge in [-0.05, 0) is 13.8 Å². The molecule has 0 saturated heterocycles. The summed E-state index contributed by atoms with van der Waals surface area (Å²) in [7, 11) is 1.93. The van der Waals surface area contributed by atoms with E-state index in [9.17, 15) is 0 Å². The number of aromatic nitrogens is 3. The lowest BCUT2D eigenvalue weighted by Crippen LogP contribution is -2.13. The first-order valence-electron chi connectivity index (χ1n) is 5.27. The van der Waals surface area contributed by atoms with Crippen LogP contribution in [0.3, 0.4) is 0 Å². The highest BCUT2D eigenvalue weighted by Gasteiger charge is 2.03. The molecule has 2 rings (SSSR count). The minimum Gasteiger partial charge on any atom is -0.361 e.